The third-order valence-electron chi connectivity index (χ3n) is 4.52. The first kappa shape index (κ1) is 18.8. The molecule has 28 heavy (non-hydrogen) atoms. The van der Waals surface area contributed by atoms with Gasteiger partial charge in [0.25, 0.3) is 5.91 Å². The van der Waals surface area contributed by atoms with Crippen molar-refractivity contribution in [3.8, 4) is 17.2 Å². The lowest BCUT2D eigenvalue weighted by Gasteiger charge is -2.15. The molecule has 0 spiro atoms. The Bertz CT molecular complexity index is 973. The normalized spacial score (nSPS) is 18.1. The van der Waals surface area contributed by atoms with E-state index in [9.17, 15) is 4.79 Å². The molecule has 144 valence electrons. The molecule has 2 aliphatic rings. The number of amides is 1. The SMILES string of the molecule is CC[C@@H](C)Oc1ccccc1/C=C1/SC(=S)N(c2ccc3c(c2)OCO3)C1=O. The van der Waals surface area contributed by atoms with Gasteiger partial charge in [-0.2, -0.15) is 0 Å². The summed E-state index contributed by atoms with van der Waals surface area (Å²) in [6.07, 6.45) is 2.84. The lowest BCUT2D eigenvalue weighted by atomic mass is 10.1. The summed E-state index contributed by atoms with van der Waals surface area (Å²) in [6, 6.07) is 13.1. The Balaban J connectivity index is 1.63. The highest BCUT2D eigenvalue weighted by Crippen LogP contribution is 2.41. The Kier molecular flexibility index (Phi) is 5.28. The summed E-state index contributed by atoms with van der Waals surface area (Å²) in [7, 11) is 0. The van der Waals surface area contributed by atoms with Crippen molar-refractivity contribution < 1.29 is 19.0 Å². The highest BCUT2D eigenvalue weighted by atomic mass is 32.2. The second-order valence-corrected chi connectivity index (χ2v) is 8.10. The third kappa shape index (κ3) is 3.59. The number of carbonyl (C=O) groups is 1. The van der Waals surface area contributed by atoms with Gasteiger partial charge < -0.3 is 14.2 Å². The van der Waals surface area contributed by atoms with Gasteiger partial charge in [0, 0.05) is 11.6 Å². The zero-order chi connectivity index (χ0) is 19.7. The summed E-state index contributed by atoms with van der Waals surface area (Å²) >= 11 is 6.75. The van der Waals surface area contributed by atoms with Crippen molar-refractivity contribution in [3.05, 3.63) is 52.9 Å². The van der Waals surface area contributed by atoms with Crippen molar-refractivity contribution in [1.82, 2.24) is 0 Å². The van der Waals surface area contributed by atoms with Crippen molar-refractivity contribution in [3.63, 3.8) is 0 Å². The van der Waals surface area contributed by atoms with Crippen LogP contribution in [0.25, 0.3) is 6.08 Å². The van der Waals surface area contributed by atoms with E-state index in [1.165, 1.54) is 16.7 Å². The molecule has 2 heterocycles. The molecule has 1 amide bonds. The van der Waals surface area contributed by atoms with Crippen LogP contribution in [0.4, 0.5) is 5.69 Å². The van der Waals surface area contributed by atoms with Crippen LogP contribution in [0, 0.1) is 0 Å². The molecular weight excluding hydrogens is 394 g/mol. The van der Waals surface area contributed by atoms with Gasteiger partial charge >= 0.3 is 0 Å². The molecule has 0 unspecified atom stereocenters. The van der Waals surface area contributed by atoms with E-state index in [0.29, 0.717) is 26.4 Å². The van der Waals surface area contributed by atoms with Gasteiger partial charge in [-0.25, -0.2) is 0 Å². The largest absolute Gasteiger partial charge is 0.490 e. The number of para-hydroxylation sites is 1. The van der Waals surface area contributed by atoms with Crippen LogP contribution in [0.3, 0.4) is 0 Å². The number of fused-ring (bicyclic) bond motifs is 1. The fourth-order valence-corrected chi connectivity index (χ4v) is 4.15. The predicted molar refractivity (Wildman–Crippen MR) is 115 cm³/mol. The zero-order valence-corrected chi connectivity index (χ0v) is 17.1. The molecule has 2 aromatic carbocycles. The summed E-state index contributed by atoms with van der Waals surface area (Å²) < 4.78 is 17.2. The second kappa shape index (κ2) is 7.85. The summed E-state index contributed by atoms with van der Waals surface area (Å²) in [6.45, 7) is 4.28. The Hall–Kier alpha value is -2.51. The van der Waals surface area contributed by atoms with Crippen LogP contribution >= 0.6 is 24.0 Å². The fourth-order valence-electron chi connectivity index (χ4n) is 2.86. The number of benzene rings is 2. The van der Waals surface area contributed by atoms with Crippen LogP contribution in [0.1, 0.15) is 25.8 Å². The summed E-state index contributed by atoms with van der Waals surface area (Å²) in [5.41, 5.74) is 1.52. The van der Waals surface area contributed by atoms with Crippen molar-refractivity contribution in [2.24, 2.45) is 0 Å². The molecule has 1 atom stereocenters. The topological polar surface area (TPSA) is 48.0 Å². The van der Waals surface area contributed by atoms with E-state index in [1.54, 1.807) is 18.2 Å². The Morgan fingerprint density at radius 3 is 2.86 bits per heavy atom. The first-order chi connectivity index (χ1) is 13.6. The number of ether oxygens (including phenoxy) is 3. The predicted octanol–water partition coefficient (Wildman–Crippen LogP) is 5.00. The first-order valence-corrected chi connectivity index (χ1v) is 10.2. The van der Waals surface area contributed by atoms with Crippen LogP contribution in [-0.2, 0) is 4.79 Å². The number of thiocarbonyl (C=S) groups is 1. The average molecular weight is 414 g/mol. The Morgan fingerprint density at radius 2 is 2.04 bits per heavy atom. The van der Waals surface area contributed by atoms with Gasteiger partial charge in [0.2, 0.25) is 6.79 Å². The van der Waals surface area contributed by atoms with Gasteiger partial charge in [-0.15, -0.1) is 0 Å². The molecule has 1 fully saturated rings. The fraction of sp³-hybridized carbons (Fsp3) is 0.238. The molecule has 1 saturated heterocycles. The minimum Gasteiger partial charge on any atom is -0.490 e. The van der Waals surface area contributed by atoms with Crippen molar-refractivity contribution in [2.75, 3.05) is 11.7 Å². The number of hydrogen-bond acceptors (Lipinski definition) is 6. The standard InChI is InChI=1S/C21H19NO4S2/c1-3-13(2)26-16-7-5-4-6-14(16)10-19-20(23)22(21(27)28-19)15-8-9-17-18(11-15)25-12-24-17/h4-11,13H,3,12H2,1-2H3/b19-10+/t13-/m1/s1. The average Bonchev–Trinajstić information content (AvgIpc) is 3.26. The lowest BCUT2D eigenvalue weighted by molar-refractivity contribution is -0.113. The quantitative estimate of drug-likeness (QED) is 0.508. The maximum Gasteiger partial charge on any atom is 0.270 e. The molecule has 0 aromatic heterocycles. The molecule has 5 nitrogen and oxygen atoms in total. The summed E-state index contributed by atoms with van der Waals surface area (Å²) in [5.74, 6) is 1.88. The van der Waals surface area contributed by atoms with Crippen molar-refractivity contribution >= 4 is 46.0 Å². The highest BCUT2D eigenvalue weighted by Gasteiger charge is 2.34. The van der Waals surface area contributed by atoms with E-state index >= 15 is 0 Å². The maximum absolute atomic E-state index is 13.0. The van der Waals surface area contributed by atoms with Crippen molar-refractivity contribution in [2.45, 2.75) is 26.4 Å². The minimum atomic E-state index is -0.160. The van der Waals surface area contributed by atoms with Gasteiger partial charge in [-0.3, -0.25) is 9.69 Å². The van der Waals surface area contributed by atoms with E-state index in [0.717, 1.165) is 17.7 Å². The number of hydrogen-bond donors (Lipinski definition) is 0. The van der Waals surface area contributed by atoms with Crippen LogP contribution in [-0.4, -0.2) is 23.1 Å². The molecule has 4 rings (SSSR count). The molecule has 0 radical (unpaired) electrons. The molecule has 2 aliphatic heterocycles. The van der Waals surface area contributed by atoms with Crippen LogP contribution in [0.5, 0.6) is 17.2 Å². The van der Waals surface area contributed by atoms with E-state index in [-0.39, 0.29) is 18.8 Å². The smallest absolute Gasteiger partial charge is 0.270 e. The van der Waals surface area contributed by atoms with E-state index in [1.807, 2.05) is 37.3 Å². The van der Waals surface area contributed by atoms with Crippen LogP contribution < -0.4 is 19.1 Å². The van der Waals surface area contributed by atoms with Crippen LogP contribution in [0.2, 0.25) is 0 Å². The molecule has 0 saturated carbocycles. The third-order valence-corrected chi connectivity index (χ3v) is 5.82. The van der Waals surface area contributed by atoms with E-state index in [4.69, 9.17) is 26.4 Å². The second-order valence-electron chi connectivity index (χ2n) is 6.43. The van der Waals surface area contributed by atoms with E-state index < -0.39 is 0 Å². The molecule has 0 bridgehead atoms. The van der Waals surface area contributed by atoms with Gasteiger partial charge in [0.1, 0.15) is 5.75 Å². The van der Waals surface area contributed by atoms with Gasteiger partial charge in [-0.1, -0.05) is 49.1 Å². The monoisotopic (exact) mass is 413 g/mol. The van der Waals surface area contributed by atoms with Gasteiger partial charge in [-0.05, 0) is 37.6 Å². The van der Waals surface area contributed by atoms with Crippen LogP contribution in [0.15, 0.2) is 47.4 Å². The number of nitrogens with zero attached hydrogens (tertiary/aromatic N) is 1. The molecule has 2 aromatic rings. The first-order valence-electron chi connectivity index (χ1n) is 9.00. The maximum atomic E-state index is 13.0. The summed E-state index contributed by atoms with van der Waals surface area (Å²) in [5, 5.41) is 0. The Morgan fingerprint density at radius 1 is 1.25 bits per heavy atom. The van der Waals surface area contributed by atoms with Gasteiger partial charge in [0.15, 0.2) is 15.8 Å². The number of carbonyl (C=O) groups excluding carboxylic acids is 1. The number of anilines is 1. The molecule has 7 heteroatoms. The number of thioether (sulfide) groups is 1. The number of rotatable bonds is 5. The molecule has 0 N–H and O–H groups in total. The highest BCUT2D eigenvalue weighted by molar-refractivity contribution is 8.27. The van der Waals surface area contributed by atoms with E-state index in [2.05, 4.69) is 6.92 Å². The van der Waals surface area contributed by atoms with Crippen molar-refractivity contribution in [1.29, 1.82) is 0 Å². The lowest BCUT2D eigenvalue weighted by Crippen LogP contribution is -2.27. The zero-order valence-electron chi connectivity index (χ0n) is 15.5. The molecular formula is C21H19NO4S2. The molecule has 0 aliphatic carbocycles. The van der Waals surface area contributed by atoms with Gasteiger partial charge in [0.05, 0.1) is 16.7 Å². The Labute approximate surface area is 173 Å². The minimum absolute atomic E-state index is 0.0951. The summed E-state index contributed by atoms with van der Waals surface area (Å²) in [4.78, 5) is 15.1.